The van der Waals surface area contributed by atoms with Crippen molar-refractivity contribution in [1.29, 1.82) is 0 Å². The third-order valence-corrected chi connectivity index (χ3v) is 8.26. The Morgan fingerprint density at radius 2 is 1.88 bits per heavy atom. The smallest absolute Gasteiger partial charge is 0.282 e. The average molecular weight is 739 g/mol. The molecule has 8 nitrogen and oxygen atoms in total. The molecule has 0 bridgehead atoms. The molecule has 12 heteroatoms. The summed E-state index contributed by atoms with van der Waals surface area (Å²) in [5.74, 6) is 0.138. The fourth-order valence-corrected chi connectivity index (χ4v) is 5.04. The Morgan fingerprint density at radius 1 is 1.12 bits per heavy atom. The maximum atomic E-state index is 13.5. The van der Waals surface area contributed by atoms with E-state index >= 15 is 0 Å². The van der Waals surface area contributed by atoms with Crippen LogP contribution in [0.3, 0.4) is 0 Å². The first-order chi connectivity index (χ1) is 18.9. The van der Waals surface area contributed by atoms with Crippen LogP contribution in [0.15, 0.2) is 71.8 Å². The van der Waals surface area contributed by atoms with Gasteiger partial charge in [0, 0.05) is 25.6 Å². The van der Waals surface area contributed by atoms with E-state index in [4.69, 9.17) is 14.5 Å². The van der Waals surface area contributed by atoms with E-state index in [1.54, 1.807) is 24.3 Å². The number of nitrogens with zero attached hydrogens (tertiary/aromatic N) is 3. The Kier molecular flexibility index (Phi) is 9.11. The van der Waals surface area contributed by atoms with E-state index in [0.717, 1.165) is 4.47 Å². The van der Waals surface area contributed by atoms with Crippen LogP contribution in [-0.4, -0.2) is 35.5 Å². The topological polar surface area (TPSA) is 94.8 Å². The minimum atomic E-state index is -0.481. The van der Waals surface area contributed by atoms with E-state index in [-0.39, 0.29) is 17.9 Å². The third-order valence-electron chi connectivity index (χ3n) is 5.62. The lowest BCUT2D eigenvalue weighted by molar-refractivity contribution is -0.118. The van der Waals surface area contributed by atoms with Crippen molar-refractivity contribution >= 4 is 76.5 Å². The minimum Gasteiger partial charge on any atom is -0.493 e. The molecule has 40 heavy (non-hydrogen) atoms. The van der Waals surface area contributed by atoms with Crippen LogP contribution in [0.4, 0.5) is 10.1 Å². The molecule has 0 radical (unpaired) electrons. The number of carbonyl (C=O) groups is 1. The summed E-state index contributed by atoms with van der Waals surface area (Å²) in [4.78, 5) is 30.6. The van der Waals surface area contributed by atoms with Crippen LogP contribution in [0.2, 0.25) is 0 Å². The summed E-state index contributed by atoms with van der Waals surface area (Å²) in [6.07, 6.45) is 1.51. The van der Waals surface area contributed by atoms with E-state index in [0.29, 0.717) is 42.7 Å². The Morgan fingerprint density at radius 3 is 2.55 bits per heavy atom. The standard InChI is InChI=1S/C28H24Br3FN4O4/c1-28(2,3)27-35-20-9-8-16(29)11-19(20)26(38)36(27)33-13-15-10-21(39-4)25(24(31)23(15)30)40-14-22(37)34-18-7-5-6-17(32)12-18/h5-13H,14H2,1-4H3,(H,34,37). The van der Waals surface area contributed by atoms with E-state index in [1.807, 2.05) is 26.8 Å². The molecule has 0 aliphatic heterocycles. The summed E-state index contributed by atoms with van der Waals surface area (Å²) in [7, 11) is 1.46. The first kappa shape index (κ1) is 29.9. The highest BCUT2D eigenvalue weighted by Gasteiger charge is 2.23. The second-order valence-corrected chi connectivity index (χ2v) is 12.2. The van der Waals surface area contributed by atoms with E-state index in [1.165, 1.54) is 36.2 Å². The second-order valence-electron chi connectivity index (χ2n) is 9.68. The zero-order chi connectivity index (χ0) is 29.2. The van der Waals surface area contributed by atoms with E-state index < -0.39 is 17.1 Å². The molecule has 1 N–H and O–H groups in total. The van der Waals surface area contributed by atoms with Gasteiger partial charge in [-0.25, -0.2) is 9.37 Å². The van der Waals surface area contributed by atoms with Gasteiger partial charge in [-0.1, -0.05) is 42.8 Å². The molecule has 1 aromatic heterocycles. The van der Waals surface area contributed by atoms with Gasteiger partial charge >= 0.3 is 0 Å². The molecular formula is C28H24Br3FN4O4. The van der Waals surface area contributed by atoms with Crippen molar-refractivity contribution in [1.82, 2.24) is 9.66 Å². The molecule has 4 aromatic rings. The predicted molar refractivity (Wildman–Crippen MR) is 164 cm³/mol. The number of hydrogen-bond acceptors (Lipinski definition) is 6. The number of amides is 1. The lowest BCUT2D eigenvalue weighted by Gasteiger charge is -2.21. The van der Waals surface area contributed by atoms with Crippen LogP contribution >= 0.6 is 47.8 Å². The molecule has 0 saturated carbocycles. The third kappa shape index (κ3) is 6.61. The average Bonchev–Trinajstić information content (AvgIpc) is 2.89. The quantitative estimate of drug-likeness (QED) is 0.206. The van der Waals surface area contributed by atoms with Crippen molar-refractivity contribution in [3.05, 3.63) is 89.5 Å². The number of ether oxygens (including phenoxy) is 2. The maximum absolute atomic E-state index is 13.5. The Balaban J connectivity index is 1.66. The van der Waals surface area contributed by atoms with Crippen molar-refractivity contribution in [3.63, 3.8) is 0 Å². The van der Waals surface area contributed by atoms with Crippen molar-refractivity contribution < 1.29 is 18.7 Å². The molecule has 4 rings (SSSR count). The van der Waals surface area contributed by atoms with Crippen LogP contribution in [0.5, 0.6) is 11.5 Å². The van der Waals surface area contributed by atoms with Crippen molar-refractivity contribution in [2.75, 3.05) is 19.0 Å². The Bertz CT molecular complexity index is 1700. The zero-order valence-electron chi connectivity index (χ0n) is 21.9. The largest absolute Gasteiger partial charge is 0.493 e. The molecule has 1 heterocycles. The van der Waals surface area contributed by atoms with Gasteiger partial charge in [-0.15, -0.1) is 0 Å². The first-order valence-electron chi connectivity index (χ1n) is 11.9. The Hall–Kier alpha value is -3.09. The van der Waals surface area contributed by atoms with Crippen molar-refractivity contribution in [3.8, 4) is 11.5 Å². The van der Waals surface area contributed by atoms with Gasteiger partial charge in [0.1, 0.15) is 11.6 Å². The lowest BCUT2D eigenvalue weighted by atomic mass is 9.95. The molecule has 0 saturated heterocycles. The van der Waals surface area contributed by atoms with Crippen molar-refractivity contribution in [2.24, 2.45) is 5.10 Å². The van der Waals surface area contributed by atoms with Crippen LogP contribution in [0.25, 0.3) is 10.9 Å². The molecular weight excluding hydrogens is 715 g/mol. The van der Waals surface area contributed by atoms with Crippen molar-refractivity contribution in [2.45, 2.75) is 26.2 Å². The van der Waals surface area contributed by atoms with Gasteiger partial charge in [0.2, 0.25) is 0 Å². The van der Waals surface area contributed by atoms with Gasteiger partial charge in [0.05, 0.1) is 28.7 Å². The maximum Gasteiger partial charge on any atom is 0.282 e. The van der Waals surface area contributed by atoms with Crippen LogP contribution < -0.4 is 20.3 Å². The fourth-order valence-electron chi connectivity index (χ4n) is 3.75. The molecule has 0 spiro atoms. The Labute approximate surface area is 255 Å². The molecule has 1 amide bonds. The number of fused-ring (bicyclic) bond motifs is 1. The second kappa shape index (κ2) is 12.2. The van der Waals surface area contributed by atoms with Gasteiger partial charge in [-0.2, -0.15) is 9.78 Å². The highest BCUT2D eigenvalue weighted by atomic mass is 79.9. The molecule has 208 valence electrons. The number of benzene rings is 3. The number of methoxy groups -OCH3 is 1. The van der Waals surface area contributed by atoms with Gasteiger partial charge in [-0.3, -0.25) is 9.59 Å². The highest BCUT2D eigenvalue weighted by molar-refractivity contribution is 9.13. The number of rotatable bonds is 7. The summed E-state index contributed by atoms with van der Waals surface area (Å²) in [6.45, 7) is 5.51. The summed E-state index contributed by atoms with van der Waals surface area (Å²) in [6, 6.07) is 12.6. The number of nitrogens with one attached hydrogen (secondary N) is 1. The van der Waals surface area contributed by atoms with Crippen LogP contribution in [0, 0.1) is 5.82 Å². The fraction of sp³-hybridized carbons (Fsp3) is 0.214. The number of hydrogen-bond donors (Lipinski definition) is 1. The van der Waals surface area contributed by atoms with Gasteiger partial charge < -0.3 is 14.8 Å². The zero-order valence-corrected chi connectivity index (χ0v) is 26.6. The lowest BCUT2D eigenvalue weighted by Crippen LogP contribution is -2.29. The summed E-state index contributed by atoms with van der Waals surface area (Å²) in [5.41, 5.74) is 0.683. The molecule has 0 unspecified atom stereocenters. The number of aromatic nitrogens is 2. The first-order valence-corrected chi connectivity index (χ1v) is 14.3. The van der Waals surface area contributed by atoms with Gasteiger partial charge in [0.25, 0.3) is 11.5 Å². The SMILES string of the molecule is COc1cc(C=Nn2c(C(C)(C)C)nc3ccc(Br)cc3c2=O)c(Br)c(Br)c1OCC(=O)Nc1cccc(F)c1. The summed E-state index contributed by atoms with van der Waals surface area (Å²) >= 11 is 10.4. The molecule has 0 atom stereocenters. The monoisotopic (exact) mass is 736 g/mol. The van der Waals surface area contributed by atoms with Crippen LogP contribution in [-0.2, 0) is 10.2 Å². The van der Waals surface area contributed by atoms with E-state index in [2.05, 4.69) is 58.2 Å². The number of anilines is 1. The number of carbonyl (C=O) groups excluding carboxylic acids is 1. The minimum absolute atomic E-state index is 0.269. The van der Waals surface area contributed by atoms with Crippen LogP contribution in [0.1, 0.15) is 32.2 Å². The van der Waals surface area contributed by atoms with Gasteiger partial charge in [-0.05, 0) is 74.3 Å². The molecule has 3 aromatic carbocycles. The van der Waals surface area contributed by atoms with E-state index in [9.17, 15) is 14.0 Å². The van der Waals surface area contributed by atoms with Gasteiger partial charge in [0.15, 0.2) is 18.1 Å². The highest BCUT2D eigenvalue weighted by Crippen LogP contribution is 2.42. The summed E-state index contributed by atoms with van der Waals surface area (Å²) in [5, 5.41) is 7.52. The molecule has 0 aliphatic rings. The molecule has 0 aliphatic carbocycles. The summed E-state index contributed by atoms with van der Waals surface area (Å²) < 4.78 is 27.7. The normalized spacial score (nSPS) is 11.7. The predicted octanol–water partition coefficient (Wildman–Crippen LogP) is 7.03. The molecule has 0 fully saturated rings. The number of halogens is 4.